The molecule has 1 aromatic carbocycles. The molecule has 0 unspecified atom stereocenters. The molecule has 86 valence electrons. The molecule has 0 fully saturated rings. The van der Waals surface area contributed by atoms with E-state index in [1.165, 1.54) is 24.8 Å². The van der Waals surface area contributed by atoms with Gasteiger partial charge in [0.25, 0.3) is 0 Å². The van der Waals surface area contributed by atoms with Crippen LogP contribution in [0.2, 0.25) is 0 Å². The van der Waals surface area contributed by atoms with Crippen molar-refractivity contribution in [2.75, 3.05) is 0 Å². The van der Waals surface area contributed by atoms with Crippen LogP contribution in [0.3, 0.4) is 0 Å². The molecular weight excluding hydrogens is 220 g/mol. The van der Waals surface area contributed by atoms with Crippen LogP contribution in [-0.4, -0.2) is 9.55 Å². The van der Waals surface area contributed by atoms with Crippen LogP contribution in [0, 0.1) is 0 Å². The molecule has 2 aromatic rings. The molecule has 0 saturated carbocycles. The first kappa shape index (κ1) is 11.5. The fourth-order valence-corrected chi connectivity index (χ4v) is 2.20. The highest BCUT2D eigenvalue weighted by atomic mass is 35.5. The molecule has 1 aromatic heterocycles. The van der Waals surface area contributed by atoms with Gasteiger partial charge in [-0.3, -0.25) is 0 Å². The van der Waals surface area contributed by atoms with E-state index in [0.29, 0.717) is 5.88 Å². The van der Waals surface area contributed by atoms with E-state index in [1.54, 1.807) is 0 Å². The van der Waals surface area contributed by atoms with Gasteiger partial charge >= 0.3 is 0 Å². The molecule has 0 bridgehead atoms. The average Bonchev–Trinajstić information content (AvgIpc) is 2.68. The molecule has 0 aliphatic rings. The van der Waals surface area contributed by atoms with Crippen LogP contribution in [-0.2, 0) is 12.4 Å². The van der Waals surface area contributed by atoms with Gasteiger partial charge in [0, 0.05) is 6.54 Å². The number of alkyl halides is 1. The van der Waals surface area contributed by atoms with Crippen LogP contribution < -0.4 is 0 Å². The molecular formula is C13H17ClN2. The molecule has 0 amide bonds. The largest absolute Gasteiger partial charge is 0.327 e. The molecule has 0 spiro atoms. The van der Waals surface area contributed by atoms with Crippen molar-refractivity contribution >= 4 is 22.6 Å². The molecule has 2 rings (SSSR count). The third-order valence-corrected chi connectivity index (χ3v) is 3.08. The number of aromatic nitrogens is 2. The van der Waals surface area contributed by atoms with Crippen molar-refractivity contribution in [1.29, 1.82) is 0 Å². The molecule has 2 nitrogen and oxygen atoms in total. The first-order valence-corrected chi connectivity index (χ1v) is 6.40. The molecule has 1 heterocycles. The average molecular weight is 237 g/mol. The zero-order valence-corrected chi connectivity index (χ0v) is 10.4. The molecule has 16 heavy (non-hydrogen) atoms. The summed E-state index contributed by atoms with van der Waals surface area (Å²) in [5.41, 5.74) is 2.25. The molecule has 0 N–H and O–H groups in total. The summed E-state index contributed by atoms with van der Waals surface area (Å²) < 4.78 is 2.25. The second-order valence-electron chi connectivity index (χ2n) is 4.01. The zero-order valence-electron chi connectivity index (χ0n) is 9.62. The molecule has 0 atom stereocenters. The zero-order chi connectivity index (χ0) is 11.4. The Kier molecular flexibility index (Phi) is 3.83. The number of imidazole rings is 1. The Labute approximate surface area is 101 Å². The van der Waals surface area contributed by atoms with E-state index in [0.717, 1.165) is 17.9 Å². The predicted molar refractivity (Wildman–Crippen MR) is 68.8 cm³/mol. The number of hydrogen-bond acceptors (Lipinski definition) is 1. The lowest BCUT2D eigenvalue weighted by atomic mass is 10.2. The lowest BCUT2D eigenvalue weighted by molar-refractivity contribution is 0.600. The van der Waals surface area contributed by atoms with Gasteiger partial charge in [-0.15, -0.1) is 11.6 Å². The highest BCUT2D eigenvalue weighted by molar-refractivity contribution is 6.16. The van der Waals surface area contributed by atoms with Gasteiger partial charge in [0.15, 0.2) is 0 Å². The molecule has 0 radical (unpaired) electrons. The number of fused-ring (bicyclic) bond motifs is 1. The van der Waals surface area contributed by atoms with E-state index in [2.05, 4.69) is 28.6 Å². The molecule has 0 saturated heterocycles. The summed E-state index contributed by atoms with van der Waals surface area (Å²) in [6.07, 6.45) is 3.69. The summed E-state index contributed by atoms with van der Waals surface area (Å²) >= 11 is 5.93. The standard InChI is InChI=1S/C13H17ClN2/c1-2-3-6-9-16-12-8-5-4-7-11(12)15-13(16)10-14/h4-5,7-8H,2-3,6,9-10H2,1H3. The Bertz CT molecular complexity index is 462. The van der Waals surface area contributed by atoms with Crippen LogP contribution in [0.4, 0.5) is 0 Å². The van der Waals surface area contributed by atoms with Crippen molar-refractivity contribution in [3.05, 3.63) is 30.1 Å². The summed E-state index contributed by atoms with van der Waals surface area (Å²) in [7, 11) is 0. The van der Waals surface area contributed by atoms with Crippen molar-refractivity contribution in [2.45, 2.75) is 38.6 Å². The normalized spacial score (nSPS) is 11.1. The van der Waals surface area contributed by atoms with Gasteiger partial charge in [-0.2, -0.15) is 0 Å². The van der Waals surface area contributed by atoms with Gasteiger partial charge in [0.2, 0.25) is 0 Å². The fourth-order valence-electron chi connectivity index (χ4n) is 2.00. The van der Waals surface area contributed by atoms with Crippen molar-refractivity contribution in [3.63, 3.8) is 0 Å². The quantitative estimate of drug-likeness (QED) is 0.568. The van der Waals surface area contributed by atoms with Gasteiger partial charge < -0.3 is 4.57 Å². The van der Waals surface area contributed by atoms with Crippen molar-refractivity contribution in [2.24, 2.45) is 0 Å². The van der Waals surface area contributed by atoms with Crippen LogP contribution in [0.15, 0.2) is 24.3 Å². The number of para-hydroxylation sites is 2. The van der Waals surface area contributed by atoms with Gasteiger partial charge in [0.1, 0.15) is 5.82 Å². The second-order valence-corrected chi connectivity index (χ2v) is 4.28. The van der Waals surface area contributed by atoms with E-state index in [1.807, 2.05) is 12.1 Å². The molecule has 0 aliphatic heterocycles. The summed E-state index contributed by atoms with van der Waals surface area (Å²) in [6.45, 7) is 3.24. The lowest BCUT2D eigenvalue weighted by Crippen LogP contribution is -2.02. The number of aryl methyl sites for hydroxylation is 1. The molecule has 0 aliphatic carbocycles. The van der Waals surface area contributed by atoms with Gasteiger partial charge in [0.05, 0.1) is 16.9 Å². The summed E-state index contributed by atoms with van der Waals surface area (Å²) in [5.74, 6) is 1.47. The monoisotopic (exact) mass is 236 g/mol. The number of hydrogen-bond donors (Lipinski definition) is 0. The highest BCUT2D eigenvalue weighted by Crippen LogP contribution is 2.18. The number of halogens is 1. The summed E-state index contributed by atoms with van der Waals surface area (Å²) in [4.78, 5) is 4.54. The minimum Gasteiger partial charge on any atom is -0.327 e. The number of rotatable bonds is 5. The maximum atomic E-state index is 5.93. The van der Waals surface area contributed by atoms with Crippen LogP contribution in [0.5, 0.6) is 0 Å². The third-order valence-electron chi connectivity index (χ3n) is 2.84. The van der Waals surface area contributed by atoms with Crippen molar-refractivity contribution < 1.29 is 0 Å². The molecule has 3 heteroatoms. The maximum absolute atomic E-state index is 5.93. The highest BCUT2D eigenvalue weighted by Gasteiger charge is 2.08. The van der Waals surface area contributed by atoms with E-state index in [-0.39, 0.29) is 0 Å². The van der Waals surface area contributed by atoms with E-state index in [4.69, 9.17) is 11.6 Å². The minimum atomic E-state index is 0.487. The second kappa shape index (κ2) is 5.35. The Morgan fingerprint density at radius 3 is 2.81 bits per heavy atom. The Morgan fingerprint density at radius 2 is 2.06 bits per heavy atom. The third kappa shape index (κ3) is 2.22. The Balaban J connectivity index is 2.32. The number of benzene rings is 1. The van der Waals surface area contributed by atoms with Crippen molar-refractivity contribution in [3.8, 4) is 0 Å². The predicted octanol–water partition coefficient (Wildman–Crippen LogP) is 3.97. The Morgan fingerprint density at radius 1 is 1.25 bits per heavy atom. The first-order valence-electron chi connectivity index (χ1n) is 5.87. The van der Waals surface area contributed by atoms with Gasteiger partial charge in [-0.25, -0.2) is 4.98 Å². The Hall–Kier alpha value is -1.02. The van der Waals surface area contributed by atoms with Gasteiger partial charge in [-0.05, 0) is 18.6 Å². The topological polar surface area (TPSA) is 17.8 Å². The van der Waals surface area contributed by atoms with Gasteiger partial charge in [-0.1, -0.05) is 31.9 Å². The smallest absolute Gasteiger partial charge is 0.124 e. The SMILES string of the molecule is CCCCCn1c(CCl)nc2ccccc21. The number of unbranched alkanes of at least 4 members (excludes halogenated alkanes) is 2. The summed E-state index contributed by atoms with van der Waals surface area (Å²) in [5, 5.41) is 0. The lowest BCUT2D eigenvalue weighted by Gasteiger charge is -2.06. The van der Waals surface area contributed by atoms with Crippen molar-refractivity contribution in [1.82, 2.24) is 9.55 Å². The van der Waals surface area contributed by atoms with Crippen LogP contribution >= 0.6 is 11.6 Å². The summed E-state index contributed by atoms with van der Waals surface area (Å²) in [6, 6.07) is 8.23. The minimum absolute atomic E-state index is 0.487. The van der Waals surface area contributed by atoms with Crippen LogP contribution in [0.25, 0.3) is 11.0 Å². The maximum Gasteiger partial charge on any atom is 0.124 e. The number of nitrogens with zero attached hydrogens (tertiary/aromatic N) is 2. The van der Waals surface area contributed by atoms with E-state index < -0.39 is 0 Å². The fraction of sp³-hybridized carbons (Fsp3) is 0.462. The first-order chi connectivity index (χ1) is 7.86. The van der Waals surface area contributed by atoms with Crippen LogP contribution in [0.1, 0.15) is 32.0 Å². The van der Waals surface area contributed by atoms with E-state index >= 15 is 0 Å². The van der Waals surface area contributed by atoms with E-state index in [9.17, 15) is 0 Å².